The number of hydrogen-bond acceptors (Lipinski definition) is 5. The fourth-order valence-corrected chi connectivity index (χ4v) is 1.36. The monoisotopic (exact) mass is 296 g/mol. The average Bonchev–Trinajstić information content (AvgIpc) is 2.49. The molecule has 0 saturated heterocycles. The van der Waals surface area contributed by atoms with Crippen molar-refractivity contribution in [3.8, 4) is 0 Å². The molecule has 2 N–H and O–H groups in total. The Hall–Kier alpha value is -2.28. The average molecular weight is 296 g/mol. The number of anilines is 1. The number of alkyl carbamates (subject to hydrolysis) is 1. The Balaban J connectivity index is 2.03. The van der Waals surface area contributed by atoms with Crippen LogP contribution < -0.4 is 10.6 Å². The maximum absolute atomic E-state index is 11.4. The summed E-state index contributed by atoms with van der Waals surface area (Å²) in [5.74, 6) is 0. The highest BCUT2D eigenvalue weighted by Crippen LogP contribution is 2.04. The van der Waals surface area contributed by atoms with Gasteiger partial charge in [0.25, 0.3) is 0 Å². The molecule has 0 aliphatic heterocycles. The largest absolute Gasteiger partial charge is 0.447 e. The number of para-hydroxylation sites is 1. The van der Waals surface area contributed by atoms with Gasteiger partial charge in [-0.25, -0.2) is 9.59 Å². The highest BCUT2D eigenvalue weighted by molar-refractivity contribution is 5.84. The lowest BCUT2D eigenvalue weighted by atomic mass is 10.3. The Bertz CT molecular complexity index is 425. The van der Waals surface area contributed by atoms with Gasteiger partial charge in [0.15, 0.2) is 0 Å². The van der Waals surface area contributed by atoms with Crippen LogP contribution in [-0.4, -0.2) is 45.2 Å². The number of carbonyl (C=O) groups is 2. The first-order valence-corrected chi connectivity index (χ1v) is 6.69. The number of amides is 2. The zero-order valence-corrected chi connectivity index (χ0v) is 12.0. The molecule has 0 aliphatic rings. The van der Waals surface area contributed by atoms with E-state index in [9.17, 15) is 9.59 Å². The molecule has 0 radical (unpaired) electrons. The predicted molar refractivity (Wildman–Crippen MR) is 77.3 cm³/mol. The van der Waals surface area contributed by atoms with Crippen LogP contribution in [0.3, 0.4) is 0 Å². The second kappa shape index (κ2) is 10.5. The fourth-order valence-electron chi connectivity index (χ4n) is 1.36. The topological polar surface area (TPSA) is 85.9 Å². The summed E-state index contributed by atoms with van der Waals surface area (Å²) in [5.41, 5.74) is 0.644. The van der Waals surface area contributed by atoms with Gasteiger partial charge < -0.3 is 19.5 Å². The number of ether oxygens (including phenoxy) is 3. The van der Waals surface area contributed by atoms with Gasteiger partial charge in [-0.2, -0.15) is 0 Å². The zero-order valence-electron chi connectivity index (χ0n) is 12.0. The molecule has 0 aromatic heterocycles. The molecule has 0 bridgehead atoms. The van der Waals surface area contributed by atoms with E-state index in [1.165, 1.54) is 0 Å². The van der Waals surface area contributed by atoms with Crippen molar-refractivity contribution in [3.63, 3.8) is 0 Å². The molecular formula is C14H20N2O5. The number of carbonyl (C=O) groups excluding carboxylic acids is 2. The molecule has 0 saturated carbocycles. The van der Waals surface area contributed by atoms with Gasteiger partial charge in [-0.3, -0.25) is 5.32 Å². The molecule has 2 amide bonds. The van der Waals surface area contributed by atoms with E-state index in [2.05, 4.69) is 10.6 Å². The van der Waals surface area contributed by atoms with Gasteiger partial charge >= 0.3 is 12.2 Å². The maximum atomic E-state index is 11.4. The Labute approximate surface area is 123 Å². The van der Waals surface area contributed by atoms with Crippen molar-refractivity contribution in [2.24, 2.45) is 0 Å². The summed E-state index contributed by atoms with van der Waals surface area (Å²) < 4.78 is 14.7. The number of rotatable bonds is 8. The molecule has 1 aromatic carbocycles. The highest BCUT2D eigenvalue weighted by Gasteiger charge is 2.04. The summed E-state index contributed by atoms with van der Waals surface area (Å²) in [6, 6.07) is 8.94. The van der Waals surface area contributed by atoms with Crippen LogP contribution in [0.4, 0.5) is 15.3 Å². The lowest BCUT2D eigenvalue weighted by Gasteiger charge is -2.08. The van der Waals surface area contributed by atoms with Crippen LogP contribution in [0.2, 0.25) is 0 Å². The number of hydrogen-bond donors (Lipinski definition) is 2. The van der Waals surface area contributed by atoms with Crippen molar-refractivity contribution >= 4 is 17.9 Å². The first-order chi connectivity index (χ1) is 10.2. The van der Waals surface area contributed by atoms with E-state index in [0.29, 0.717) is 18.9 Å². The Morgan fingerprint density at radius 1 is 1.00 bits per heavy atom. The predicted octanol–water partition coefficient (Wildman–Crippen LogP) is 2.00. The van der Waals surface area contributed by atoms with E-state index in [4.69, 9.17) is 14.2 Å². The third-order valence-electron chi connectivity index (χ3n) is 2.29. The van der Waals surface area contributed by atoms with E-state index in [-0.39, 0.29) is 19.8 Å². The Kier molecular flexibility index (Phi) is 8.39. The Morgan fingerprint density at radius 2 is 1.71 bits per heavy atom. The SMILES string of the molecule is CCOCCOC(=O)NCCOC(=O)Nc1ccccc1. The molecule has 1 rings (SSSR count). The van der Waals surface area contributed by atoms with Crippen LogP contribution in [0, 0.1) is 0 Å². The summed E-state index contributed by atoms with van der Waals surface area (Å²) in [7, 11) is 0. The van der Waals surface area contributed by atoms with Crippen LogP contribution in [-0.2, 0) is 14.2 Å². The molecule has 0 heterocycles. The molecule has 0 unspecified atom stereocenters. The minimum Gasteiger partial charge on any atom is -0.447 e. The summed E-state index contributed by atoms with van der Waals surface area (Å²) in [4.78, 5) is 22.6. The fraction of sp³-hybridized carbons (Fsp3) is 0.429. The number of nitrogens with one attached hydrogen (secondary N) is 2. The van der Waals surface area contributed by atoms with Crippen LogP contribution in [0.5, 0.6) is 0 Å². The molecule has 21 heavy (non-hydrogen) atoms. The first kappa shape index (κ1) is 16.8. The quantitative estimate of drug-likeness (QED) is 0.717. The molecule has 1 aromatic rings. The molecule has 0 aliphatic carbocycles. The second-order valence-electron chi connectivity index (χ2n) is 3.89. The summed E-state index contributed by atoms with van der Waals surface area (Å²) in [6.07, 6.45) is -1.14. The molecule has 7 nitrogen and oxygen atoms in total. The third-order valence-corrected chi connectivity index (χ3v) is 2.29. The molecule has 0 fully saturated rings. The van der Waals surface area contributed by atoms with E-state index in [1.54, 1.807) is 24.3 Å². The zero-order chi connectivity index (χ0) is 15.3. The van der Waals surface area contributed by atoms with Gasteiger partial charge in [0.1, 0.15) is 13.2 Å². The van der Waals surface area contributed by atoms with E-state index in [1.807, 2.05) is 13.0 Å². The van der Waals surface area contributed by atoms with Crippen molar-refractivity contribution < 1.29 is 23.8 Å². The van der Waals surface area contributed by atoms with Gasteiger partial charge in [0.2, 0.25) is 0 Å². The van der Waals surface area contributed by atoms with Crippen molar-refractivity contribution in [1.29, 1.82) is 0 Å². The third kappa shape index (κ3) is 8.48. The lowest BCUT2D eigenvalue weighted by molar-refractivity contribution is 0.0778. The standard InChI is InChI=1S/C14H20N2O5/c1-2-19-10-11-21-13(17)15-8-9-20-14(18)16-12-6-4-3-5-7-12/h3-7H,2,8-11H2,1H3,(H,15,17)(H,16,18). The van der Waals surface area contributed by atoms with Crippen LogP contribution >= 0.6 is 0 Å². The minimum absolute atomic E-state index is 0.0548. The van der Waals surface area contributed by atoms with Crippen molar-refractivity contribution in [2.75, 3.05) is 38.3 Å². The minimum atomic E-state index is -0.576. The van der Waals surface area contributed by atoms with Gasteiger partial charge in [0, 0.05) is 12.3 Å². The maximum Gasteiger partial charge on any atom is 0.411 e. The smallest absolute Gasteiger partial charge is 0.411 e. The summed E-state index contributed by atoms with van der Waals surface area (Å²) >= 11 is 0. The van der Waals surface area contributed by atoms with E-state index < -0.39 is 12.2 Å². The summed E-state index contributed by atoms with van der Waals surface area (Å²) in [5, 5.41) is 5.01. The summed E-state index contributed by atoms with van der Waals surface area (Å²) in [6.45, 7) is 3.22. The van der Waals surface area contributed by atoms with Gasteiger partial charge in [-0.1, -0.05) is 18.2 Å². The second-order valence-corrected chi connectivity index (χ2v) is 3.89. The molecule has 116 valence electrons. The normalized spacial score (nSPS) is 9.76. The molecule has 0 spiro atoms. The van der Waals surface area contributed by atoms with Gasteiger partial charge in [0.05, 0.1) is 13.2 Å². The number of benzene rings is 1. The van der Waals surface area contributed by atoms with Crippen molar-refractivity contribution in [2.45, 2.75) is 6.92 Å². The van der Waals surface area contributed by atoms with Gasteiger partial charge in [-0.15, -0.1) is 0 Å². The van der Waals surface area contributed by atoms with E-state index >= 15 is 0 Å². The van der Waals surface area contributed by atoms with Crippen LogP contribution in [0.1, 0.15) is 6.92 Å². The van der Waals surface area contributed by atoms with Gasteiger partial charge in [-0.05, 0) is 19.1 Å². The van der Waals surface area contributed by atoms with Crippen molar-refractivity contribution in [1.82, 2.24) is 5.32 Å². The van der Waals surface area contributed by atoms with Crippen molar-refractivity contribution in [3.05, 3.63) is 30.3 Å². The van der Waals surface area contributed by atoms with E-state index in [0.717, 1.165) is 0 Å². The Morgan fingerprint density at radius 3 is 2.43 bits per heavy atom. The first-order valence-electron chi connectivity index (χ1n) is 6.69. The molecular weight excluding hydrogens is 276 g/mol. The molecule has 0 atom stereocenters. The van der Waals surface area contributed by atoms with Crippen LogP contribution in [0.25, 0.3) is 0 Å². The van der Waals surface area contributed by atoms with Crippen LogP contribution in [0.15, 0.2) is 30.3 Å². The molecule has 7 heteroatoms. The lowest BCUT2D eigenvalue weighted by Crippen LogP contribution is -2.30. The highest BCUT2D eigenvalue weighted by atomic mass is 16.6.